The van der Waals surface area contributed by atoms with E-state index in [1.807, 2.05) is 12.2 Å². The van der Waals surface area contributed by atoms with Gasteiger partial charge in [-0.2, -0.15) is 9.78 Å². The number of hydrogen-bond acceptors (Lipinski definition) is 5. The molecule has 2 aliphatic rings. The summed E-state index contributed by atoms with van der Waals surface area (Å²) in [6.07, 6.45) is 11.3. The van der Waals surface area contributed by atoms with Crippen LogP contribution >= 0.6 is 11.6 Å². The monoisotopic (exact) mass is 294 g/mol. The minimum atomic E-state index is -0.333. The Bertz CT molecular complexity index is 605. The molecule has 0 bridgehead atoms. The third kappa shape index (κ3) is 2.44. The molecule has 3 rings (SSSR count). The van der Waals surface area contributed by atoms with E-state index in [1.165, 1.54) is 4.68 Å². The molecule has 0 saturated carbocycles. The lowest BCUT2D eigenvalue weighted by molar-refractivity contribution is -0.0424. The third-order valence-corrected chi connectivity index (χ3v) is 3.62. The van der Waals surface area contributed by atoms with E-state index in [2.05, 4.69) is 10.5 Å². The molecule has 1 unspecified atom stereocenters. The summed E-state index contributed by atoms with van der Waals surface area (Å²) in [6, 6.07) is 0. The van der Waals surface area contributed by atoms with Gasteiger partial charge in [0, 0.05) is 19.0 Å². The van der Waals surface area contributed by atoms with Gasteiger partial charge in [-0.15, -0.1) is 0 Å². The molecule has 0 aromatic carbocycles. The van der Waals surface area contributed by atoms with Gasteiger partial charge in [-0.05, 0) is 31.4 Å². The Morgan fingerprint density at radius 1 is 1.40 bits per heavy atom. The molecule has 1 atom stereocenters. The lowest BCUT2D eigenvalue weighted by Gasteiger charge is -2.26. The average molecular weight is 295 g/mol. The van der Waals surface area contributed by atoms with Gasteiger partial charge in [0.15, 0.2) is 6.23 Å². The highest BCUT2D eigenvalue weighted by Crippen LogP contribution is 2.24. The van der Waals surface area contributed by atoms with Gasteiger partial charge < -0.3 is 10.2 Å². The van der Waals surface area contributed by atoms with Crippen LogP contribution in [0.5, 0.6) is 0 Å². The summed E-state index contributed by atoms with van der Waals surface area (Å²) >= 11 is 6.18. The molecule has 0 aliphatic carbocycles. The first-order chi connectivity index (χ1) is 9.77. The zero-order chi connectivity index (χ0) is 13.9. The largest absolute Gasteiger partial charge is 0.356 e. The first-order valence-corrected chi connectivity index (χ1v) is 6.93. The smallest absolute Gasteiger partial charge is 0.290 e. The minimum absolute atomic E-state index is 0.127. The number of ether oxygens (including phenoxy) is 1. The van der Waals surface area contributed by atoms with Gasteiger partial charge >= 0.3 is 0 Å². The number of halogens is 1. The molecule has 2 aliphatic heterocycles. The molecule has 3 heterocycles. The fourth-order valence-corrected chi connectivity index (χ4v) is 2.46. The summed E-state index contributed by atoms with van der Waals surface area (Å²) in [4.78, 5) is 12.3. The number of aromatic nitrogens is 2. The van der Waals surface area contributed by atoms with E-state index in [0.717, 1.165) is 19.3 Å². The van der Waals surface area contributed by atoms with Crippen LogP contribution in [0.25, 0.3) is 0 Å². The molecule has 0 radical (unpaired) electrons. The number of nitrogens with zero attached hydrogens (tertiary/aromatic N) is 3. The van der Waals surface area contributed by atoms with Gasteiger partial charge in [0.2, 0.25) is 0 Å². The predicted octanol–water partition coefficient (Wildman–Crippen LogP) is 1.95. The van der Waals surface area contributed by atoms with Crippen molar-refractivity contribution in [1.29, 1.82) is 0 Å². The summed E-state index contributed by atoms with van der Waals surface area (Å²) < 4.78 is 6.90. The van der Waals surface area contributed by atoms with Crippen LogP contribution in [0, 0.1) is 0 Å². The molecule has 1 fully saturated rings. The van der Waals surface area contributed by atoms with E-state index in [1.54, 1.807) is 23.6 Å². The van der Waals surface area contributed by atoms with E-state index in [0.29, 0.717) is 12.3 Å². The van der Waals surface area contributed by atoms with Crippen molar-refractivity contribution in [1.82, 2.24) is 15.2 Å². The van der Waals surface area contributed by atoms with Crippen molar-refractivity contribution in [2.45, 2.75) is 25.5 Å². The zero-order valence-corrected chi connectivity index (χ0v) is 11.6. The maximum absolute atomic E-state index is 12.3. The van der Waals surface area contributed by atoms with Crippen molar-refractivity contribution in [3.63, 3.8) is 0 Å². The number of hydrazine groups is 1. The average Bonchev–Trinajstić information content (AvgIpc) is 2.52. The van der Waals surface area contributed by atoms with Gasteiger partial charge in [-0.25, -0.2) is 0 Å². The highest BCUT2D eigenvalue weighted by atomic mass is 35.5. The third-order valence-electron chi connectivity index (χ3n) is 3.27. The summed E-state index contributed by atoms with van der Waals surface area (Å²) in [5, 5.41) is 5.96. The molecule has 106 valence electrons. The van der Waals surface area contributed by atoms with Crippen molar-refractivity contribution < 1.29 is 4.74 Å². The van der Waals surface area contributed by atoms with Crippen LogP contribution in [0.3, 0.4) is 0 Å². The lowest BCUT2D eigenvalue weighted by atomic mass is 10.2. The standard InChI is InChI=1S/C13H15ClN4O2/c14-12-10(17-7-3-2-6-15-17)9-16-18(13(12)19)11-5-1-4-8-20-11/h2-3,6-7,9,11,15H,1,4-5,8H2. The fraction of sp³-hybridized carbons (Fsp3) is 0.385. The molecular formula is C13H15ClN4O2. The van der Waals surface area contributed by atoms with Crippen LogP contribution in [-0.4, -0.2) is 16.4 Å². The molecule has 0 spiro atoms. The van der Waals surface area contributed by atoms with Crippen LogP contribution in [-0.2, 0) is 4.74 Å². The van der Waals surface area contributed by atoms with Crippen LogP contribution in [0.15, 0.2) is 35.5 Å². The highest BCUT2D eigenvalue weighted by molar-refractivity contribution is 6.33. The summed E-state index contributed by atoms with van der Waals surface area (Å²) in [6.45, 7) is 0.652. The Hall–Kier alpha value is -1.79. The highest BCUT2D eigenvalue weighted by Gasteiger charge is 2.21. The van der Waals surface area contributed by atoms with Crippen molar-refractivity contribution in [3.05, 3.63) is 46.1 Å². The van der Waals surface area contributed by atoms with E-state index >= 15 is 0 Å². The summed E-state index contributed by atoms with van der Waals surface area (Å²) in [7, 11) is 0. The number of anilines is 1. The van der Waals surface area contributed by atoms with Crippen molar-refractivity contribution in [3.8, 4) is 0 Å². The zero-order valence-electron chi connectivity index (χ0n) is 10.8. The molecule has 1 aromatic heterocycles. The van der Waals surface area contributed by atoms with Crippen molar-refractivity contribution >= 4 is 17.3 Å². The van der Waals surface area contributed by atoms with Gasteiger partial charge in [0.05, 0.1) is 6.20 Å². The normalized spacial score (nSPS) is 21.9. The van der Waals surface area contributed by atoms with Crippen LogP contribution in [0.1, 0.15) is 25.5 Å². The Labute approximate surface area is 121 Å². The second kappa shape index (κ2) is 5.68. The van der Waals surface area contributed by atoms with Crippen LogP contribution in [0.4, 0.5) is 5.69 Å². The van der Waals surface area contributed by atoms with E-state index in [-0.39, 0.29) is 16.8 Å². The van der Waals surface area contributed by atoms with Crippen molar-refractivity contribution in [2.75, 3.05) is 11.6 Å². The SMILES string of the molecule is O=c1c(Cl)c(N2C=CC=CN2)cnn1C1CCCCO1. The van der Waals surface area contributed by atoms with Crippen LogP contribution < -0.4 is 16.0 Å². The van der Waals surface area contributed by atoms with Gasteiger partial charge in [-0.1, -0.05) is 11.6 Å². The van der Waals surface area contributed by atoms with E-state index in [9.17, 15) is 4.79 Å². The summed E-state index contributed by atoms with van der Waals surface area (Å²) in [5.74, 6) is 0. The molecule has 7 heteroatoms. The number of rotatable bonds is 2. The predicted molar refractivity (Wildman–Crippen MR) is 76.2 cm³/mol. The Kier molecular flexibility index (Phi) is 3.75. The second-order valence-electron chi connectivity index (χ2n) is 4.61. The Balaban J connectivity index is 1.92. The van der Waals surface area contributed by atoms with Gasteiger partial charge in [0.25, 0.3) is 5.56 Å². The number of allylic oxidation sites excluding steroid dienone is 2. The molecule has 0 amide bonds. The summed E-state index contributed by atoms with van der Waals surface area (Å²) in [5.41, 5.74) is 3.15. The molecular weight excluding hydrogens is 280 g/mol. The van der Waals surface area contributed by atoms with Crippen LogP contribution in [0.2, 0.25) is 5.02 Å². The van der Waals surface area contributed by atoms with Gasteiger partial charge in [-0.3, -0.25) is 9.80 Å². The van der Waals surface area contributed by atoms with Crippen molar-refractivity contribution in [2.24, 2.45) is 0 Å². The Morgan fingerprint density at radius 2 is 2.30 bits per heavy atom. The molecule has 1 saturated heterocycles. The van der Waals surface area contributed by atoms with E-state index in [4.69, 9.17) is 16.3 Å². The molecule has 1 N–H and O–H groups in total. The fourth-order valence-electron chi connectivity index (χ4n) is 2.23. The number of nitrogens with one attached hydrogen (secondary N) is 1. The molecule has 6 nitrogen and oxygen atoms in total. The number of hydrogen-bond donors (Lipinski definition) is 1. The molecule has 20 heavy (non-hydrogen) atoms. The first kappa shape index (κ1) is 13.2. The Morgan fingerprint density at radius 3 is 3.00 bits per heavy atom. The molecule has 1 aromatic rings. The minimum Gasteiger partial charge on any atom is -0.356 e. The topological polar surface area (TPSA) is 59.4 Å². The maximum Gasteiger partial charge on any atom is 0.290 e. The first-order valence-electron chi connectivity index (χ1n) is 6.55. The van der Waals surface area contributed by atoms with E-state index < -0.39 is 0 Å². The lowest BCUT2D eigenvalue weighted by Crippen LogP contribution is -2.35. The quantitative estimate of drug-likeness (QED) is 0.903. The second-order valence-corrected chi connectivity index (χ2v) is 4.99. The maximum atomic E-state index is 12.3. The van der Waals surface area contributed by atoms with Gasteiger partial charge in [0.1, 0.15) is 10.7 Å².